The van der Waals surface area contributed by atoms with E-state index in [0.717, 1.165) is 12.2 Å². The first-order valence-electron chi connectivity index (χ1n) is 2.95. The van der Waals surface area contributed by atoms with Gasteiger partial charge < -0.3 is 15.6 Å². The summed E-state index contributed by atoms with van der Waals surface area (Å²) in [6.45, 7) is 0.472. The predicted octanol–water partition coefficient (Wildman–Crippen LogP) is -1.44. The van der Waals surface area contributed by atoms with E-state index < -0.39 is 11.9 Å². The van der Waals surface area contributed by atoms with Gasteiger partial charge in [-0.2, -0.15) is 0 Å². The molecule has 0 saturated carbocycles. The molecule has 0 radical (unpaired) electrons. The molecule has 0 spiro atoms. The number of hydrogen-bond acceptors (Lipinski definition) is 5. The summed E-state index contributed by atoms with van der Waals surface area (Å²) in [5.74, 6) is -1.16. The summed E-state index contributed by atoms with van der Waals surface area (Å²) in [4.78, 5) is 19.8. The molecular weight excluding hydrogens is 150 g/mol. The maximum atomic E-state index is 9.92. The lowest BCUT2D eigenvalue weighted by atomic mass is 10.6. The molecule has 1 aliphatic rings. The number of cyclic esters (lactones) is 2. The fraction of sp³-hybridized carbons (Fsp3) is 0.333. The van der Waals surface area contributed by atoms with E-state index in [9.17, 15) is 9.59 Å². The van der Waals surface area contributed by atoms with Crippen LogP contribution in [0.4, 0.5) is 0 Å². The van der Waals surface area contributed by atoms with Gasteiger partial charge in [-0.05, 0) is 0 Å². The zero-order valence-corrected chi connectivity index (χ0v) is 5.82. The number of esters is 2. The van der Waals surface area contributed by atoms with Crippen LogP contribution in [0.25, 0.3) is 0 Å². The van der Waals surface area contributed by atoms with E-state index in [2.05, 4.69) is 4.74 Å². The molecule has 0 unspecified atom stereocenters. The molecule has 0 saturated heterocycles. The molecule has 0 aliphatic carbocycles. The number of aliphatic hydroxyl groups excluding tert-OH is 1. The normalized spacial score (nSPS) is 14.0. The monoisotopic (exact) mass is 159 g/mol. The first-order valence-corrected chi connectivity index (χ1v) is 2.95. The summed E-state index contributed by atoms with van der Waals surface area (Å²) < 4.78 is 3.97. The van der Waals surface area contributed by atoms with Gasteiger partial charge in [-0.1, -0.05) is 0 Å². The Hall–Kier alpha value is -1.20. The summed E-state index contributed by atoms with van der Waals surface area (Å²) >= 11 is 0. The Morgan fingerprint density at radius 1 is 1.36 bits per heavy atom. The molecule has 3 N–H and O–H groups in total. The van der Waals surface area contributed by atoms with Gasteiger partial charge in [-0.3, -0.25) is 0 Å². The molecule has 5 nitrogen and oxygen atoms in total. The molecule has 0 aromatic rings. The number of aliphatic hydroxyl groups is 1. The fourth-order valence-corrected chi connectivity index (χ4v) is 0.303. The highest BCUT2D eigenvalue weighted by Gasteiger charge is 2.10. The quantitative estimate of drug-likeness (QED) is 0.361. The van der Waals surface area contributed by atoms with Crippen LogP contribution in [0.5, 0.6) is 0 Å². The van der Waals surface area contributed by atoms with E-state index in [4.69, 9.17) is 10.8 Å². The van der Waals surface area contributed by atoms with E-state index in [1.807, 2.05) is 0 Å². The van der Waals surface area contributed by atoms with Crippen LogP contribution < -0.4 is 5.73 Å². The molecule has 1 rings (SSSR count). The van der Waals surface area contributed by atoms with Gasteiger partial charge >= 0.3 is 11.9 Å². The summed E-state index contributed by atoms with van der Waals surface area (Å²) in [7, 11) is 0. The fourth-order valence-electron chi connectivity index (χ4n) is 0.303. The molecule has 0 amide bonds. The standard InChI is InChI=1S/C4H2O3.C2H7NO/c5-3-1-2-4(6)7-3;3-1-2-4/h1-2H;4H,1-3H2. The third kappa shape index (κ3) is 5.25. The van der Waals surface area contributed by atoms with Crippen molar-refractivity contribution < 1.29 is 19.4 Å². The van der Waals surface area contributed by atoms with Gasteiger partial charge in [0.25, 0.3) is 0 Å². The highest BCUT2D eigenvalue weighted by molar-refractivity contribution is 6.04. The van der Waals surface area contributed by atoms with Gasteiger partial charge in [0, 0.05) is 18.7 Å². The Balaban J connectivity index is 0.000000218. The zero-order chi connectivity index (χ0) is 8.69. The summed E-state index contributed by atoms with van der Waals surface area (Å²) in [5.41, 5.74) is 4.78. The molecule has 62 valence electrons. The SMILES string of the molecule is NCCO.O=C1C=CC(=O)O1. The molecule has 0 bridgehead atoms. The van der Waals surface area contributed by atoms with Gasteiger partial charge in [0.15, 0.2) is 0 Å². The minimum Gasteiger partial charge on any atom is -0.395 e. The second kappa shape index (κ2) is 5.57. The van der Waals surface area contributed by atoms with Gasteiger partial charge in [0.1, 0.15) is 0 Å². The van der Waals surface area contributed by atoms with Crippen LogP contribution in [0.1, 0.15) is 0 Å². The van der Waals surface area contributed by atoms with Crippen molar-refractivity contribution in [1.82, 2.24) is 0 Å². The van der Waals surface area contributed by atoms with Gasteiger partial charge in [-0.15, -0.1) is 0 Å². The topological polar surface area (TPSA) is 89.6 Å². The Morgan fingerprint density at radius 2 is 1.73 bits per heavy atom. The third-order valence-corrected chi connectivity index (χ3v) is 0.686. The van der Waals surface area contributed by atoms with E-state index >= 15 is 0 Å². The number of nitrogens with two attached hydrogens (primary N) is 1. The van der Waals surface area contributed by atoms with Crippen LogP contribution in [-0.2, 0) is 14.3 Å². The van der Waals surface area contributed by atoms with E-state index in [1.54, 1.807) is 0 Å². The van der Waals surface area contributed by atoms with Crippen molar-refractivity contribution in [2.45, 2.75) is 0 Å². The van der Waals surface area contributed by atoms with Crippen molar-refractivity contribution in [1.29, 1.82) is 0 Å². The molecule has 1 aliphatic heterocycles. The first-order chi connectivity index (χ1) is 5.20. The molecule has 0 atom stereocenters. The summed E-state index contributed by atoms with van der Waals surface area (Å²) in [5, 5.41) is 7.75. The van der Waals surface area contributed by atoms with Gasteiger partial charge in [-0.25, -0.2) is 9.59 Å². The average molecular weight is 159 g/mol. The van der Waals surface area contributed by atoms with Crippen molar-refractivity contribution >= 4 is 11.9 Å². The number of rotatable bonds is 1. The van der Waals surface area contributed by atoms with E-state index in [0.29, 0.717) is 6.54 Å². The van der Waals surface area contributed by atoms with Gasteiger partial charge in [0.2, 0.25) is 0 Å². The lowest BCUT2D eigenvalue weighted by Gasteiger charge is -1.80. The summed E-state index contributed by atoms with van der Waals surface area (Å²) in [6.07, 6.45) is 2.17. The zero-order valence-electron chi connectivity index (χ0n) is 5.82. The Labute approximate surface area is 63.4 Å². The Kier molecular flexibility index (Phi) is 4.97. The largest absolute Gasteiger partial charge is 0.395 e. The van der Waals surface area contributed by atoms with Crippen LogP contribution >= 0.6 is 0 Å². The molecule has 0 fully saturated rings. The highest BCUT2D eigenvalue weighted by Crippen LogP contribution is 1.92. The maximum Gasteiger partial charge on any atom is 0.338 e. The van der Waals surface area contributed by atoms with Crippen LogP contribution in [0.15, 0.2) is 12.2 Å². The minimum absolute atomic E-state index is 0.0972. The summed E-state index contributed by atoms with van der Waals surface area (Å²) in [6, 6.07) is 0. The number of hydrogen-bond donors (Lipinski definition) is 2. The highest BCUT2D eigenvalue weighted by atomic mass is 16.6. The number of carbonyl (C=O) groups excluding carboxylic acids is 2. The lowest BCUT2D eigenvalue weighted by Crippen LogP contribution is -2.02. The lowest BCUT2D eigenvalue weighted by molar-refractivity contribution is -0.150. The smallest absolute Gasteiger partial charge is 0.338 e. The second-order valence-electron chi connectivity index (χ2n) is 1.59. The molecule has 1 heterocycles. The molecular formula is C6H9NO4. The molecule has 0 aromatic carbocycles. The molecule has 5 heteroatoms. The van der Waals surface area contributed by atoms with Crippen LogP contribution in [0.2, 0.25) is 0 Å². The minimum atomic E-state index is -0.579. The van der Waals surface area contributed by atoms with Crippen LogP contribution in [-0.4, -0.2) is 30.2 Å². The second-order valence-corrected chi connectivity index (χ2v) is 1.59. The van der Waals surface area contributed by atoms with Crippen LogP contribution in [0.3, 0.4) is 0 Å². The van der Waals surface area contributed by atoms with Crippen molar-refractivity contribution in [3.63, 3.8) is 0 Å². The van der Waals surface area contributed by atoms with Gasteiger partial charge in [0.05, 0.1) is 6.61 Å². The maximum absolute atomic E-state index is 9.92. The molecule has 11 heavy (non-hydrogen) atoms. The van der Waals surface area contributed by atoms with E-state index in [-0.39, 0.29) is 6.61 Å². The van der Waals surface area contributed by atoms with Crippen LogP contribution in [0, 0.1) is 0 Å². The van der Waals surface area contributed by atoms with Crippen molar-refractivity contribution in [2.75, 3.05) is 13.2 Å². The Morgan fingerprint density at radius 3 is 1.82 bits per heavy atom. The van der Waals surface area contributed by atoms with Crippen molar-refractivity contribution in [2.24, 2.45) is 5.73 Å². The predicted molar refractivity (Wildman–Crippen MR) is 36.4 cm³/mol. The third-order valence-electron chi connectivity index (χ3n) is 0.686. The molecule has 0 aromatic heterocycles. The number of ether oxygens (including phenoxy) is 1. The first kappa shape index (κ1) is 9.80. The average Bonchev–Trinajstić information content (AvgIpc) is 2.35. The van der Waals surface area contributed by atoms with Crippen molar-refractivity contribution in [3.8, 4) is 0 Å². The number of carbonyl (C=O) groups is 2. The van der Waals surface area contributed by atoms with E-state index in [1.165, 1.54) is 0 Å². The Bertz CT molecular complexity index is 157. The van der Waals surface area contributed by atoms with Crippen molar-refractivity contribution in [3.05, 3.63) is 12.2 Å².